The zero-order valence-corrected chi connectivity index (χ0v) is 14.7. The summed E-state index contributed by atoms with van der Waals surface area (Å²) in [5.74, 6) is 2.31. The SMILES string of the molecule is O=C(C1CC2CCC1C2)N1CCN(Cc2cn3ccccc3n2)CC1. The van der Waals surface area contributed by atoms with Crippen molar-refractivity contribution in [1.82, 2.24) is 19.2 Å². The van der Waals surface area contributed by atoms with Crippen molar-refractivity contribution in [2.24, 2.45) is 17.8 Å². The molecule has 3 heterocycles. The topological polar surface area (TPSA) is 40.9 Å². The van der Waals surface area contributed by atoms with Crippen molar-refractivity contribution >= 4 is 11.6 Å². The lowest BCUT2D eigenvalue weighted by atomic mass is 9.87. The van der Waals surface area contributed by atoms with E-state index < -0.39 is 0 Å². The number of carbonyl (C=O) groups excluding carboxylic acids is 1. The average molecular weight is 338 g/mol. The maximum atomic E-state index is 12.9. The first kappa shape index (κ1) is 15.4. The number of amides is 1. The van der Waals surface area contributed by atoms with Gasteiger partial charge in [0, 0.05) is 51.0 Å². The third-order valence-electron chi connectivity index (χ3n) is 6.54. The molecule has 0 spiro atoms. The van der Waals surface area contributed by atoms with Gasteiger partial charge in [0.1, 0.15) is 5.65 Å². The molecule has 1 aliphatic heterocycles. The highest BCUT2D eigenvalue weighted by Gasteiger charge is 2.44. The molecule has 2 aromatic rings. The first-order chi connectivity index (χ1) is 12.3. The number of carbonyl (C=O) groups is 1. The van der Waals surface area contributed by atoms with Crippen LogP contribution < -0.4 is 0 Å². The van der Waals surface area contributed by atoms with Gasteiger partial charge in [-0.2, -0.15) is 0 Å². The molecule has 0 N–H and O–H groups in total. The molecule has 0 radical (unpaired) electrons. The maximum absolute atomic E-state index is 12.9. The van der Waals surface area contributed by atoms with Gasteiger partial charge in [-0.05, 0) is 43.2 Å². The number of pyridine rings is 1. The van der Waals surface area contributed by atoms with Crippen molar-refractivity contribution in [2.75, 3.05) is 26.2 Å². The number of piperazine rings is 1. The van der Waals surface area contributed by atoms with E-state index in [1.54, 1.807) is 0 Å². The van der Waals surface area contributed by atoms with Gasteiger partial charge in [0.2, 0.25) is 5.91 Å². The normalized spacial score (nSPS) is 29.6. The third kappa shape index (κ3) is 2.84. The molecule has 3 fully saturated rings. The van der Waals surface area contributed by atoms with Gasteiger partial charge in [0.25, 0.3) is 0 Å². The molecule has 2 saturated carbocycles. The summed E-state index contributed by atoms with van der Waals surface area (Å²) in [6.07, 6.45) is 9.27. The number of hydrogen-bond acceptors (Lipinski definition) is 3. The summed E-state index contributed by atoms with van der Waals surface area (Å²) in [6, 6.07) is 6.08. The van der Waals surface area contributed by atoms with Crippen LogP contribution in [0.2, 0.25) is 0 Å². The van der Waals surface area contributed by atoms with Crippen LogP contribution >= 0.6 is 0 Å². The Bertz CT molecular complexity index is 744. The third-order valence-corrected chi connectivity index (χ3v) is 6.54. The first-order valence-electron chi connectivity index (χ1n) is 9.70. The Kier molecular flexibility index (Phi) is 3.77. The van der Waals surface area contributed by atoms with E-state index in [9.17, 15) is 4.79 Å². The van der Waals surface area contributed by atoms with Gasteiger partial charge in [0.15, 0.2) is 0 Å². The summed E-state index contributed by atoms with van der Waals surface area (Å²) in [6.45, 7) is 4.54. The molecule has 3 atom stereocenters. The standard InChI is InChI=1S/C20H26N4O/c25-20(18-12-15-4-5-16(18)11-15)23-9-7-22(8-10-23)13-17-14-24-6-2-1-3-19(24)21-17/h1-3,6,14-16,18H,4-5,7-13H2. The van der Waals surface area contributed by atoms with Crippen molar-refractivity contribution in [3.63, 3.8) is 0 Å². The van der Waals surface area contributed by atoms with Crippen LogP contribution in [0.15, 0.2) is 30.6 Å². The second kappa shape index (κ2) is 6.13. The van der Waals surface area contributed by atoms with Gasteiger partial charge in [-0.25, -0.2) is 4.98 Å². The Labute approximate surface area is 148 Å². The highest BCUT2D eigenvalue weighted by molar-refractivity contribution is 5.79. The Morgan fingerprint density at radius 1 is 1.12 bits per heavy atom. The van der Waals surface area contributed by atoms with E-state index >= 15 is 0 Å². The zero-order valence-electron chi connectivity index (χ0n) is 14.7. The average Bonchev–Trinajstić information content (AvgIpc) is 3.36. The summed E-state index contributed by atoms with van der Waals surface area (Å²) >= 11 is 0. The summed E-state index contributed by atoms with van der Waals surface area (Å²) in [4.78, 5) is 22.1. The first-order valence-corrected chi connectivity index (χ1v) is 9.70. The zero-order chi connectivity index (χ0) is 16.8. The van der Waals surface area contributed by atoms with Crippen molar-refractivity contribution in [2.45, 2.75) is 32.2 Å². The lowest BCUT2D eigenvalue weighted by molar-refractivity contribution is -0.139. The molecule has 0 aromatic carbocycles. The van der Waals surface area contributed by atoms with Crippen molar-refractivity contribution in [3.8, 4) is 0 Å². The molecule has 5 rings (SSSR count). The quantitative estimate of drug-likeness (QED) is 0.863. The van der Waals surface area contributed by atoms with Gasteiger partial charge < -0.3 is 9.30 Å². The number of fused-ring (bicyclic) bond motifs is 3. The molecular formula is C20H26N4O. The van der Waals surface area contributed by atoms with Crippen molar-refractivity contribution in [1.29, 1.82) is 0 Å². The fourth-order valence-electron chi connectivity index (χ4n) is 5.20. The van der Waals surface area contributed by atoms with Crippen LogP contribution in [0.25, 0.3) is 5.65 Å². The predicted molar refractivity (Wildman–Crippen MR) is 96.0 cm³/mol. The highest BCUT2D eigenvalue weighted by atomic mass is 16.2. The molecule has 1 saturated heterocycles. The second-order valence-corrected chi connectivity index (χ2v) is 8.08. The highest BCUT2D eigenvalue weighted by Crippen LogP contribution is 2.48. The molecule has 3 unspecified atom stereocenters. The van der Waals surface area contributed by atoms with E-state index in [1.165, 1.54) is 19.3 Å². The molecule has 25 heavy (non-hydrogen) atoms. The second-order valence-electron chi connectivity index (χ2n) is 8.08. The lowest BCUT2D eigenvalue weighted by Crippen LogP contribution is -2.50. The number of aromatic nitrogens is 2. The van der Waals surface area contributed by atoms with E-state index in [1.807, 2.05) is 24.4 Å². The summed E-state index contributed by atoms with van der Waals surface area (Å²) in [5, 5.41) is 0. The Balaban J connectivity index is 1.18. The molecular weight excluding hydrogens is 312 g/mol. The minimum atomic E-state index is 0.337. The van der Waals surface area contributed by atoms with Crippen LogP contribution in [0.4, 0.5) is 0 Å². The number of nitrogens with zero attached hydrogens (tertiary/aromatic N) is 4. The number of imidazole rings is 1. The summed E-state index contributed by atoms with van der Waals surface area (Å²) in [7, 11) is 0. The molecule has 132 valence electrons. The van der Waals surface area contributed by atoms with E-state index in [0.29, 0.717) is 17.7 Å². The van der Waals surface area contributed by atoms with E-state index in [2.05, 4.69) is 20.4 Å². The molecule has 3 aliphatic rings. The van der Waals surface area contributed by atoms with E-state index in [4.69, 9.17) is 4.98 Å². The van der Waals surface area contributed by atoms with E-state index in [-0.39, 0.29) is 0 Å². The number of rotatable bonds is 3. The van der Waals surface area contributed by atoms with Crippen LogP contribution in [0.1, 0.15) is 31.4 Å². The Hall–Kier alpha value is -1.88. The van der Waals surface area contributed by atoms with E-state index in [0.717, 1.165) is 56.4 Å². The fourth-order valence-corrected chi connectivity index (χ4v) is 5.20. The van der Waals surface area contributed by atoms with Gasteiger partial charge in [0.05, 0.1) is 5.69 Å². The minimum Gasteiger partial charge on any atom is -0.340 e. The van der Waals surface area contributed by atoms with Crippen LogP contribution in [0.3, 0.4) is 0 Å². The van der Waals surface area contributed by atoms with Gasteiger partial charge in [-0.3, -0.25) is 9.69 Å². The Morgan fingerprint density at radius 3 is 2.72 bits per heavy atom. The predicted octanol–water partition coefficient (Wildman–Crippen LogP) is 2.41. The molecule has 5 heteroatoms. The maximum Gasteiger partial charge on any atom is 0.226 e. The molecule has 5 nitrogen and oxygen atoms in total. The van der Waals surface area contributed by atoms with Gasteiger partial charge >= 0.3 is 0 Å². The molecule has 2 aliphatic carbocycles. The lowest BCUT2D eigenvalue weighted by Gasteiger charge is -2.37. The van der Waals surface area contributed by atoms with Crippen LogP contribution in [0, 0.1) is 17.8 Å². The van der Waals surface area contributed by atoms with Crippen molar-refractivity contribution in [3.05, 3.63) is 36.3 Å². The van der Waals surface area contributed by atoms with Crippen LogP contribution in [-0.2, 0) is 11.3 Å². The van der Waals surface area contributed by atoms with Crippen LogP contribution in [0.5, 0.6) is 0 Å². The molecule has 1 amide bonds. The fraction of sp³-hybridized carbons (Fsp3) is 0.600. The van der Waals surface area contributed by atoms with Gasteiger partial charge in [-0.15, -0.1) is 0 Å². The largest absolute Gasteiger partial charge is 0.340 e. The molecule has 2 bridgehead atoms. The minimum absolute atomic E-state index is 0.337. The monoisotopic (exact) mass is 338 g/mol. The van der Waals surface area contributed by atoms with Crippen LogP contribution in [-0.4, -0.2) is 51.3 Å². The summed E-state index contributed by atoms with van der Waals surface area (Å²) < 4.78 is 2.07. The number of hydrogen-bond donors (Lipinski definition) is 0. The smallest absolute Gasteiger partial charge is 0.226 e. The molecule has 2 aromatic heterocycles. The van der Waals surface area contributed by atoms with Gasteiger partial charge in [-0.1, -0.05) is 12.5 Å². The van der Waals surface area contributed by atoms with Crippen molar-refractivity contribution < 1.29 is 4.79 Å². The summed E-state index contributed by atoms with van der Waals surface area (Å²) in [5.41, 5.74) is 2.11. The Morgan fingerprint density at radius 2 is 2.00 bits per heavy atom.